The van der Waals surface area contributed by atoms with E-state index in [4.69, 9.17) is 16.3 Å². The summed E-state index contributed by atoms with van der Waals surface area (Å²) in [6, 6.07) is 29.0. The van der Waals surface area contributed by atoms with Crippen molar-refractivity contribution in [1.29, 1.82) is 0 Å². The van der Waals surface area contributed by atoms with E-state index in [-0.39, 0.29) is 6.03 Å². The summed E-state index contributed by atoms with van der Waals surface area (Å²) < 4.78 is 7.50. The van der Waals surface area contributed by atoms with Crippen LogP contribution in [0.3, 0.4) is 0 Å². The predicted octanol–water partition coefficient (Wildman–Crippen LogP) is 6.43. The average Bonchev–Trinajstić information content (AvgIpc) is 3.26. The Balaban J connectivity index is 1.55. The Hall–Kier alpha value is -3.70. The van der Waals surface area contributed by atoms with Gasteiger partial charge in [0.05, 0.1) is 13.7 Å². The van der Waals surface area contributed by atoms with Gasteiger partial charge in [-0.25, -0.2) is 4.79 Å². The minimum absolute atomic E-state index is 0.185. The second-order valence-electron chi connectivity index (χ2n) is 7.76. The van der Waals surface area contributed by atoms with Crippen LogP contribution in [0, 0.1) is 0 Å². The summed E-state index contributed by atoms with van der Waals surface area (Å²) in [5.41, 5.74) is 3.89. The molecule has 2 amide bonds. The molecule has 1 aromatic heterocycles. The molecule has 0 unspecified atom stereocenters. The van der Waals surface area contributed by atoms with Crippen molar-refractivity contribution in [2.45, 2.75) is 19.6 Å². The number of methoxy groups -OCH3 is 1. The fourth-order valence-corrected chi connectivity index (χ4v) is 3.87. The number of rotatable bonds is 8. The largest absolute Gasteiger partial charge is 0.497 e. The summed E-state index contributed by atoms with van der Waals surface area (Å²) in [5, 5.41) is 3.55. The van der Waals surface area contributed by atoms with Gasteiger partial charge in [-0.1, -0.05) is 60.1 Å². The normalized spacial score (nSPS) is 10.6. The van der Waals surface area contributed by atoms with Gasteiger partial charge in [0, 0.05) is 35.7 Å². The molecule has 4 aromatic rings. The highest BCUT2D eigenvalue weighted by atomic mass is 35.5. The number of nitrogens with one attached hydrogen (secondary N) is 1. The first kappa shape index (κ1) is 22.5. The van der Waals surface area contributed by atoms with Crippen LogP contribution in [0.5, 0.6) is 5.75 Å². The van der Waals surface area contributed by atoms with Gasteiger partial charge < -0.3 is 19.5 Å². The maximum atomic E-state index is 13.3. The number of hydrogen-bond donors (Lipinski definition) is 1. The van der Waals surface area contributed by atoms with Crippen molar-refractivity contribution in [1.82, 2.24) is 9.47 Å². The van der Waals surface area contributed by atoms with Gasteiger partial charge in [-0.2, -0.15) is 0 Å². The number of anilines is 1. The molecule has 3 aromatic carbocycles. The molecule has 0 aliphatic rings. The number of hydrogen-bond acceptors (Lipinski definition) is 2. The van der Waals surface area contributed by atoms with Gasteiger partial charge >= 0.3 is 6.03 Å². The summed E-state index contributed by atoms with van der Waals surface area (Å²) in [6.45, 7) is 1.63. The highest BCUT2D eigenvalue weighted by Gasteiger charge is 2.17. The van der Waals surface area contributed by atoms with Crippen molar-refractivity contribution in [2.24, 2.45) is 0 Å². The number of benzene rings is 3. The quantitative estimate of drug-likeness (QED) is 0.330. The zero-order valence-electron chi connectivity index (χ0n) is 18.4. The van der Waals surface area contributed by atoms with Crippen LogP contribution in [0.4, 0.5) is 10.5 Å². The average molecular weight is 460 g/mol. The van der Waals surface area contributed by atoms with E-state index in [1.54, 1.807) is 24.1 Å². The third-order valence-corrected chi connectivity index (χ3v) is 5.58. The lowest BCUT2D eigenvalue weighted by Crippen LogP contribution is -2.34. The van der Waals surface area contributed by atoms with Crippen LogP contribution in [-0.2, 0) is 19.6 Å². The van der Waals surface area contributed by atoms with Gasteiger partial charge in [-0.3, -0.25) is 0 Å². The van der Waals surface area contributed by atoms with E-state index in [0.717, 1.165) is 22.6 Å². The number of carbonyl (C=O) groups excluding carboxylic acids is 1. The Morgan fingerprint density at radius 2 is 1.70 bits per heavy atom. The number of ether oxygens (including phenoxy) is 1. The lowest BCUT2D eigenvalue weighted by molar-refractivity contribution is 0.205. The van der Waals surface area contributed by atoms with Crippen LogP contribution in [0.2, 0.25) is 5.02 Å². The minimum atomic E-state index is -0.185. The molecular weight excluding hydrogens is 434 g/mol. The Kier molecular flexibility index (Phi) is 7.33. The second kappa shape index (κ2) is 10.7. The maximum absolute atomic E-state index is 13.3. The molecule has 0 aliphatic heterocycles. The molecule has 0 radical (unpaired) electrons. The zero-order valence-corrected chi connectivity index (χ0v) is 19.2. The first-order chi connectivity index (χ1) is 16.1. The topological polar surface area (TPSA) is 46.5 Å². The maximum Gasteiger partial charge on any atom is 0.322 e. The molecule has 0 fully saturated rings. The van der Waals surface area contributed by atoms with Crippen LogP contribution >= 0.6 is 11.6 Å². The standard InChI is InChI=1S/C27H26ClN3O2/c1-33-26-14-5-10-22(16-26)19-30-15-7-13-25(30)20-31(18-21-8-3-2-4-9-21)27(32)29-24-12-6-11-23(28)17-24/h2-17H,18-20H2,1H3,(H,29,32). The lowest BCUT2D eigenvalue weighted by atomic mass is 10.2. The molecule has 6 heteroatoms. The van der Waals surface area contributed by atoms with Gasteiger partial charge in [0.25, 0.3) is 0 Å². The fourth-order valence-electron chi connectivity index (χ4n) is 3.68. The second-order valence-corrected chi connectivity index (χ2v) is 8.20. The van der Waals surface area contributed by atoms with Gasteiger partial charge in [-0.15, -0.1) is 0 Å². The summed E-state index contributed by atoms with van der Waals surface area (Å²) >= 11 is 6.09. The number of urea groups is 1. The van der Waals surface area contributed by atoms with Gasteiger partial charge in [0.1, 0.15) is 5.75 Å². The number of nitrogens with zero attached hydrogens (tertiary/aromatic N) is 2. The van der Waals surface area contributed by atoms with Gasteiger partial charge in [0.15, 0.2) is 0 Å². The van der Waals surface area contributed by atoms with E-state index in [0.29, 0.717) is 30.3 Å². The molecule has 168 valence electrons. The molecule has 4 rings (SSSR count). The Bertz CT molecular complexity index is 1210. The van der Waals surface area contributed by atoms with Crippen LogP contribution in [0.15, 0.2) is 97.2 Å². The van der Waals surface area contributed by atoms with Crippen molar-refractivity contribution >= 4 is 23.3 Å². The van der Waals surface area contributed by atoms with Crippen LogP contribution in [0.25, 0.3) is 0 Å². The van der Waals surface area contributed by atoms with Crippen molar-refractivity contribution in [3.63, 3.8) is 0 Å². The molecule has 0 saturated heterocycles. The molecule has 5 nitrogen and oxygen atoms in total. The Morgan fingerprint density at radius 3 is 2.48 bits per heavy atom. The number of amides is 2. The first-order valence-electron chi connectivity index (χ1n) is 10.7. The summed E-state index contributed by atoms with van der Waals surface area (Å²) in [6.07, 6.45) is 2.03. The highest BCUT2D eigenvalue weighted by Crippen LogP contribution is 2.19. The molecular formula is C27H26ClN3O2. The predicted molar refractivity (Wildman–Crippen MR) is 133 cm³/mol. The molecule has 0 aliphatic carbocycles. The molecule has 0 spiro atoms. The van der Waals surface area contributed by atoms with E-state index >= 15 is 0 Å². The SMILES string of the molecule is COc1cccc(Cn2cccc2CN(Cc2ccccc2)C(=O)Nc2cccc(Cl)c2)c1. The third kappa shape index (κ3) is 6.18. The van der Waals surface area contributed by atoms with Gasteiger partial charge in [0.2, 0.25) is 0 Å². The zero-order chi connectivity index (χ0) is 23.0. The molecule has 1 heterocycles. The summed E-state index contributed by atoms with van der Waals surface area (Å²) in [5.74, 6) is 0.827. The number of halogens is 1. The van der Waals surface area contributed by atoms with Crippen LogP contribution in [0.1, 0.15) is 16.8 Å². The van der Waals surface area contributed by atoms with Crippen molar-refractivity contribution in [2.75, 3.05) is 12.4 Å². The summed E-state index contributed by atoms with van der Waals surface area (Å²) in [7, 11) is 1.67. The van der Waals surface area contributed by atoms with Gasteiger partial charge in [-0.05, 0) is 53.6 Å². The molecule has 33 heavy (non-hydrogen) atoms. The minimum Gasteiger partial charge on any atom is -0.497 e. The molecule has 0 bridgehead atoms. The summed E-state index contributed by atoms with van der Waals surface area (Å²) in [4.78, 5) is 15.1. The number of carbonyl (C=O) groups is 1. The van der Waals surface area contributed by atoms with E-state index in [1.807, 2.05) is 79.0 Å². The Morgan fingerprint density at radius 1 is 0.909 bits per heavy atom. The van der Waals surface area contributed by atoms with E-state index in [9.17, 15) is 4.79 Å². The monoisotopic (exact) mass is 459 g/mol. The molecule has 0 saturated carbocycles. The smallest absolute Gasteiger partial charge is 0.322 e. The molecule has 1 N–H and O–H groups in total. The van der Waals surface area contributed by atoms with Crippen LogP contribution < -0.4 is 10.1 Å². The van der Waals surface area contributed by atoms with E-state index < -0.39 is 0 Å². The highest BCUT2D eigenvalue weighted by molar-refractivity contribution is 6.30. The van der Waals surface area contributed by atoms with Crippen molar-refractivity contribution in [3.05, 3.63) is 119 Å². The Labute approximate surface area is 199 Å². The van der Waals surface area contributed by atoms with Crippen molar-refractivity contribution in [3.8, 4) is 5.75 Å². The first-order valence-corrected chi connectivity index (χ1v) is 11.1. The van der Waals surface area contributed by atoms with Crippen LogP contribution in [-0.4, -0.2) is 22.6 Å². The fraction of sp³-hybridized carbons (Fsp3) is 0.148. The van der Waals surface area contributed by atoms with Crippen molar-refractivity contribution < 1.29 is 9.53 Å². The molecule has 0 atom stereocenters. The van der Waals surface area contributed by atoms with E-state index in [2.05, 4.69) is 16.0 Å². The third-order valence-electron chi connectivity index (χ3n) is 5.34. The lowest BCUT2D eigenvalue weighted by Gasteiger charge is -2.24. The number of aromatic nitrogens is 1. The van der Waals surface area contributed by atoms with E-state index in [1.165, 1.54) is 0 Å².